The quantitative estimate of drug-likeness (QED) is 0.393. The molecular weight excluding hydrogens is 514 g/mol. The summed E-state index contributed by atoms with van der Waals surface area (Å²) in [7, 11) is -7.56. The van der Waals surface area contributed by atoms with Crippen molar-refractivity contribution in [1.82, 2.24) is 27.9 Å². The molecule has 0 spiro atoms. The number of nitrogens with two attached hydrogens (primary N) is 1. The van der Waals surface area contributed by atoms with E-state index in [1.54, 1.807) is 36.5 Å². The van der Waals surface area contributed by atoms with Crippen LogP contribution < -0.4 is 5.14 Å². The van der Waals surface area contributed by atoms with E-state index in [0.717, 1.165) is 37.1 Å². The lowest BCUT2D eigenvalue weighted by molar-refractivity contribution is 0.132. The van der Waals surface area contributed by atoms with E-state index in [-0.39, 0.29) is 22.8 Å². The van der Waals surface area contributed by atoms with Gasteiger partial charge < -0.3 is 0 Å². The lowest BCUT2D eigenvalue weighted by Crippen LogP contribution is -2.56. The van der Waals surface area contributed by atoms with Crippen LogP contribution in [0.5, 0.6) is 0 Å². The second kappa shape index (κ2) is 8.58. The Morgan fingerprint density at radius 3 is 2.46 bits per heavy atom. The van der Waals surface area contributed by atoms with Crippen molar-refractivity contribution in [3.8, 4) is 0 Å². The average molecular weight is 544 g/mol. The van der Waals surface area contributed by atoms with Crippen LogP contribution in [0.2, 0.25) is 0 Å². The van der Waals surface area contributed by atoms with Crippen molar-refractivity contribution in [3.05, 3.63) is 54.1 Å². The van der Waals surface area contributed by atoms with Gasteiger partial charge in [0.2, 0.25) is 0 Å². The van der Waals surface area contributed by atoms with Crippen LogP contribution in [-0.2, 0) is 20.2 Å². The molecule has 0 radical (unpaired) electrons. The van der Waals surface area contributed by atoms with Crippen molar-refractivity contribution in [2.75, 3.05) is 6.54 Å². The Hall–Kier alpha value is -2.87. The molecule has 2 aliphatic rings. The van der Waals surface area contributed by atoms with E-state index < -0.39 is 20.2 Å². The van der Waals surface area contributed by atoms with E-state index in [2.05, 4.69) is 22.1 Å². The lowest BCUT2D eigenvalue weighted by Gasteiger charge is -2.42. The SMILES string of the molecule is CC[C@@H]1C[C@H](C2CCN2S(N)(=O)=O)C[C@@H]1c1nnc2cnc3c(ccn3S(=O)(=O)c3ccc(C)cc3)n12. The Morgan fingerprint density at radius 2 is 1.81 bits per heavy atom. The highest BCUT2D eigenvalue weighted by atomic mass is 32.2. The molecule has 4 aromatic rings. The topological polar surface area (TPSA) is 146 Å². The fourth-order valence-electron chi connectivity index (χ4n) is 6.13. The molecule has 1 aliphatic carbocycles. The van der Waals surface area contributed by atoms with Gasteiger partial charge in [-0.3, -0.25) is 4.40 Å². The minimum Gasteiger partial charge on any atom is -0.274 e. The Kier molecular flexibility index (Phi) is 5.67. The summed E-state index contributed by atoms with van der Waals surface area (Å²) in [4.78, 5) is 4.62. The minimum atomic E-state index is -3.85. The van der Waals surface area contributed by atoms with Crippen molar-refractivity contribution in [2.24, 2.45) is 17.0 Å². The molecule has 1 aliphatic heterocycles. The summed E-state index contributed by atoms with van der Waals surface area (Å²) in [5, 5.41) is 14.3. The van der Waals surface area contributed by atoms with Gasteiger partial charge in [0.1, 0.15) is 5.82 Å². The first-order valence-corrected chi connectivity index (χ1v) is 15.4. The van der Waals surface area contributed by atoms with Gasteiger partial charge in [-0.2, -0.15) is 12.7 Å². The monoisotopic (exact) mass is 543 g/mol. The molecule has 4 heterocycles. The summed E-state index contributed by atoms with van der Waals surface area (Å²) in [6.45, 7) is 4.50. The van der Waals surface area contributed by atoms with E-state index in [0.29, 0.717) is 29.3 Å². The number of aromatic nitrogens is 5. The molecule has 2 fully saturated rings. The summed E-state index contributed by atoms with van der Waals surface area (Å²) in [6.07, 6.45) is 6.42. The number of hydrogen-bond donors (Lipinski definition) is 1. The molecule has 37 heavy (non-hydrogen) atoms. The van der Waals surface area contributed by atoms with Gasteiger partial charge in [0, 0.05) is 24.7 Å². The Balaban J connectivity index is 1.41. The Bertz CT molecular complexity index is 1710. The molecule has 1 aromatic carbocycles. The number of hydrogen-bond acceptors (Lipinski definition) is 7. The van der Waals surface area contributed by atoms with Crippen molar-refractivity contribution < 1.29 is 16.8 Å². The number of nitrogens with zero attached hydrogens (tertiary/aromatic N) is 6. The molecule has 1 unspecified atom stereocenters. The number of benzene rings is 1. The fourth-order valence-corrected chi connectivity index (χ4v) is 8.44. The zero-order valence-electron chi connectivity index (χ0n) is 20.6. The molecule has 1 saturated carbocycles. The molecule has 0 amide bonds. The van der Waals surface area contributed by atoms with Crippen LogP contribution in [0.4, 0.5) is 0 Å². The molecular formula is C24H29N7O4S2. The van der Waals surface area contributed by atoms with E-state index in [9.17, 15) is 16.8 Å². The van der Waals surface area contributed by atoms with Crippen molar-refractivity contribution in [2.45, 2.75) is 56.4 Å². The van der Waals surface area contributed by atoms with Crippen LogP contribution in [0.25, 0.3) is 16.8 Å². The first-order chi connectivity index (χ1) is 17.6. The molecule has 13 heteroatoms. The molecule has 3 aromatic heterocycles. The highest BCUT2D eigenvalue weighted by Gasteiger charge is 2.47. The van der Waals surface area contributed by atoms with Crippen LogP contribution >= 0.6 is 0 Å². The number of fused-ring (bicyclic) bond motifs is 3. The number of rotatable bonds is 6. The van der Waals surface area contributed by atoms with Gasteiger partial charge in [-0.15, -0.1) is 10.2 Å². The van der Waals surface area contributed by atoms with Gasteiger partial charge in [0.25, 0.3) is 20.2 Å². The largest absolute Gasteiger partial charge is 0.277 e. The van der Waals surface area contributed by atoms with Gasteiger partial charge >= 0.3 is 0 Å². The van der Waals surface area contributed by atoms with E-state index >= 15 is 0 Å². The van der Waals surface area contributed by atoms with Crippen molar-refractivity contribution in [3.63, 3.8) is 0 Å². The maximum Gasteiger partial charge on any atom is 0.277 e. The van der Waals surface area contributed by atoms with Crippen LogP contribution in [0, 0.1) is 18.8 Å². The molecule has 6 rings (SSSR count). The van der Waals surface area contributed by atoms with E-state index in [1.807, 2.05) is 11.3 Å². The molecule has 11 nitrogen and oxygen atoms in total. The van der Waals surface area contributed by atoms with Gasteiger partial charge in [-0.1, -0.05) is 31.0 Å². The Labute approximate surface area is 215 Å². The lowest BCUT2D eigenvalue weighted by atomic mass is 9.89. The van der Waals surface area contributed by atoms with Gasteiger partial charge in [0.05, 0.1) is 16.6 Å². The first-order valence-electron chi connectivity index (χ1n) is 12.4. The average Bonchev–Trinajstić information content (AvgIpc) is 3.53. The third-order valence-electron chi connectivity index (χ3n) is 8.11. The second-order valence-electron chi connectivity index (χ2n) is 10.2. The third kappa shape index (κ3) is 3.87. The molecule has 196 valence electrons. The predicted molar refractivity (Wildman–Crippen MR) is 138 cm³/mol. The maximum absolute atomic E-state index is 13.4. The van der Waals surface area contributed by atoms with E-state index in [4.69, 9.17) is 5.14 Å². The van der Waals surface area contributed by atoms with Gasteiger partial charge in [-0.05, 0) is 56.2 Å². The van der Waals surface area contributed by atoms with Crippen LogP contribution in [0.3, 0.4) is 0 Å². The second-order valence-corrected chi connectivity index (χ2v) is 13.5. The summed E-state index contributed by atoms with van der Waals surface area (Å²) in [5.41, 5.74) is 2.43. The van der Waals surface area contributed by atoms with Crippen LogP contribution in [-0.4, -0.2) is 57.3 Å². The van der Waals surface area contributed by atoms with Gasteiger partial charge in [-0.25, -0.2) is 22.5 Å². The summed E-state index contributed by atoms with van der Waals surface area (Å²) in [5.74, 6) is 1.28. The van der Waals surface area contributed by atoms with E-state index in [1.165, 1.54) is 14.5 Å². The summed E-state index contributed by atoms with van der Waals surface area (Å²) >= 11 is 0. The van der Waals surface area contributed by atoms with Gasteiger partial charge in [0.15, 0.2) is 11.3 Å². The highest BCUT2D eigenvalue weighted by molar-refractivity contribution is 7.90. The molecule has 4 atom stereocenters. The summed E-state index contributed by atoms with van der Waals surface area (Å²) in [6, 6.07) is 8.36. The fraction of sp³-hybridized carbons (Fsp3) is 0.458. The Morgan fingerprint density at radius 1 is 1.05 bits per heavy atom. The smallest absolute Gasteiger partial charge is 0.274 e. The zero-order valence-corrected chi connectivity index (χ0v) is 22.2. The number of aryl methyl sites for hydroxylation is 1. The van der Waals surface area contributed by atoms with Crippen LogP contribution in [0.15, 0.2) is 47.6 Å². The van der Waals surface area contributed by atoms with Crippen molar-refractivity contribution >= 4 is 37.0 Å². The molecule has 0 bridgehead atoms. The van der Waals surface area contributed by atoms with Crippen LogP contribution in [0.1, 0.15) is 49.9 Å². The highest BCUT2D eigenvalue weighted by Crippen LogP contribution is 2.48. The molecule has 2 N–H and O–H groups in total. The predicted octanol–water partition coefficient (Wildman–Crippen LogP) is 2.42. The maximum atomic E-state index is 13.4. The first kappa shape index (κ1) is 24.5. The zero-order chi connectivity index (χ0) is 26.1. The standard InChI is InChI=1S/C24H29N7O4S2/c1-3-16-12-17(20-8-10-29(20)37(25,34)35)13-19(16)23-28-27-22-14-26-24-21(31(22)23)9-11-30(24)36(32,33)18-6-4-15(2)5-7-18/h4-7,9,11,14,16-17,19-20H,3,8,10,12-13H2,1-2H3,(H2,25,34,35)/t16-,17+,19+,20?/m1/s1. The van der Waals surface area contributed by atoms with Crippen molar-refractivity contribution in [1.29, 1.82) is 0 Å². The normalized spacial score (nSPS) is 25.2. The summed E-state index contributed by atoms with van der Waals surface area (Å²) < 4.78 is 55.3. The molecule has 1 saturated heterocycles. The minimum absolute atomic E-state index is 0.0515. The third-order valence-corrected chi connectivity index (χ3v) is 10.9.